The number of likely N-dealkylation sites (N-methyl/N-ethyl adjacent to an activating group) is 1. The fourth-order valence-electron chi connectivity index (χ4n) is 3.72. The van der Waals surface area contributed by atoms with Crippen molar-refractivity contribution >= 4 is 11.9 Å². The third-order valence-electron chi connectivity index (χ3n) is 5.33. The maximum atomic E-state index is 12.8. The third kappa shape index (κ3) is 3.38. The third-order valence-corrected chi connectivity index (χ3v) is 5.33. The number of allylic oxidation sites excluding steroid dienone is 1. The molecule has 1 aromatic carbocycles. The van der Waals surface area contributed by atoms with Crippen molar-refractivity contribution in [3.63, 3.8) is 0 Å². The highest BCUT2D eigenvalue weighted by atomic mass is 16.5. The molecule has 1 aromatic heterocycles. The molecular formula is C21H24N2O4. The zero-order chi connectivity index (χ0) is 19.0. The van der Waals surface area contributed by atoms with E-state index in [9.17, 15) is 9.90 Å². The van der Waals surface area contributed by atoms with Gasteiger partial charge in [0, 0.05) is 38.8 Å². The number of furan rings is 1. The molecular weight excluding hydrogens is 344 g/mol. The molecule has 1 saturated heterocycles. The number of carbonyl (C=O) groups is 1. The molecule has 6 heteroatoms. The Morgan fingerprint density at radius 2 is 1.96 bits per heavy atom. The standard InChI is InChI=1S/C21H24N2O4/c1-3-22-6-8-23(9-7-22)13-16-17(24)11-14(2)19-20(25)18(27-21(16)19)12-15-5-4-10-26-15/h4-5,10-12,24H,3,6-9,13H2,1-2H3/b18-12-. The maximum Gasteiger partial charge on any atom is 0.232 e. The first-order valence-electron chi connectivity index (χ1n) is 9.34. The zero-order valence-corrected chi connectivity index (χ0v) is 15.7. The van der Waals surface area contributed by atoms with Crippen LogP contribution in [0.5, 0.6) is 11.5 Å². The van der Waals surface area contributed by atoms with Crippen LogP contribution >= 0.6 is 0 Å². The van der Waals surface area contributed by atoms with E-state index in [1.54, 1.807) is 30.5 Å². The fraction of sp³-hybridized carbons (Fsp3) is 0.381. The molecule has 2 aliphatic rings. The summed E-state index contributed by atoms with van der Waals surface area (Å²) < 4.78 is 11.2. The van der Waals surface area contributed by atoms with E-state index in [-0.39, 0.29) is 17.3 Å². The molecule has 2 aromatic rings. The highest BCUT2D eigenvalue weighted by Crippen LogP contribution is 2.42. The highest BCUT2D eigenvalue weighted by Gasteiger charge is 2.34. The lowest BCUT2D eigenvalue weighted by Gasteiger charge is -2.34. The van der Waals surface area contributed by atoms with E-state index in [1.165, 1.54) is 0 Å². The van der Waals surface area contributed by atoms with Crippen molar-refractivity contribution in [1.29, 1.82) is 0 Å². The van der Waals surface area contributed by atoms with E-state index in [0.717, 1.165) is 38.3 Å². The van der Waals surface area contributed by atoms with Gasteiger partial charge in [-0.15, -0.1) is 0 Å². The Morgan fingerprint density at radius 1 is 1.22 bits per heavy atom. The van der Waals surface area contributed by atoms with Gasteiger partial charge in [-0.3, -0.25) is 9.69 Å². The summed E-state index contributed by atoms with van der Waals surface area (Å²) in [6.45, 7) is 9.48. The average molecular weight is 368 g/mol. The second-order valence-corrected chi connectivity index (χ2v) is 7.06. The molecule has 3 heterocycles. The Morgan fingerprint density at radius 3 is 2.63 bits per heavy atom. The SMILES string of the molecule is CCN1CCN(Cc2c(O)cc(C)c3c2O/C(=C\c2ccco2)C3=O)CC1. The van der Waals surface area contributed by atoms with Gasteiger partial charge in [-0.1, -0.05) is 6.92 Å². The molecule has 2 aliphatic heterocycles. The number of rotatable bonds is 4. The number of ether oxygens (including phenoxy) is 1. The van der Waals surface area contributed by atoms with Crippen molar-refractivity contribution < 1.29 is 19.1 Å². The predicted octanol–water partition coefficient (Wildman–Crippen LogP) is 3.05. The summed E-state index contributed by atoms with van der Waals surface area (Å²) in [7, 11) is 0. The molecule has 1 N–H and O–H groups in total. The smallest absolute Gasteiger partial charge is 0.232 e. The van der Waals surface area contributed by atoms with Gasteiger partial charge in [0.15, 0.2) is 5.76 Å². The minimum Gasteiger partial charge on any atom is -0.507 e. The zero-order valence-electron chi connectivity index (χ0n) is 15.7. The quantitative estimate of drug-likeness (QED) is 0.837. The van der Waals surface area contributed by atoms with Crippen molar-refractivity contribution in [2.45, 2.75) is 20.4 Å². The van der Waals surface area contributed by atoms with Gasteiger partial charge >= 0.3 is 0 Å². The first-order valence-corrected chi connectivity index (χ1v) is 9.34. The molecule has 6 nitrogen and oxygen atoms in total. The topological polar surface area (TPSA) is 66.2 Å². The molecule has 27 heavy (non-hydrogen) atoms. The second-order valence-electron chi connectivity index (χ2n) is 7.06. The monoisotopic (exact) mass is 368 g/mol. The van der Waals surface area contributed by atoms with E-state index >= 15 is 0 Å². The van der Waals surface area contributed by atoms with Gasteiger partial charge in [-0.05, 0) is 37.2 Å². The lowest BCUT2D eigenvalue weighted by Crippen LogP contribution is -2.45. The number of fused-ring (bicyclic) bond motifs is 1. The van der Waals surface area contributed by atoms with Gasteiger partial charge < -0.3 is 19.2 Å². The van der Waals surface area contributed by atoms with Crippen molar-refractivity contribution in [2.75, 3.05) is 32.7 Å². The van der Waals surface area contributed by atoms with Crippen LogP contribution in [-0.4, -0.2) is 53.4 Å². The van der Waals surface area contributed by atoms with Gasteiger partial charge in [0.25, 0.3) is 0 Å². The van der Waals surface area contributed by atoms with Crippen molar-refractivity contribution in [3.05, 3.63) is 52.7 Å². The molecule has 0 spiro atoms. The van der Waals surface area contributed by atoms with Gasteiger partial charge in [-0.2, -0.15) is 0 Å². The molecule has 0 amide bonds. The molecule has 1 fully saturated rings. The number of hydrogen-bond acceptors (Lipinski definition) is 6. The number of ketones is 1. The second kappa shape index (κ2) is 7.21. The van der Waals surface area contributed by atoms with Crippen LogP contribution in [-0.2, 0) is 6.54 Å². The van der Waals surface area contributed by atoms with Crippen molar-refractivity contribution in [3.8, 4) is 11.5 Å². The van der Waals surface area contributed by atoms with Crippen LogP contribution in [0.4, 0.5) is 0 Å². The molecule has 4 rings (SSSR count). The highest BCUT2D eigenvalue weighted by molar-refractivity contribution is 6.15. The summed E-state index contributed by atoms with van der Waals surface area (Å²) in [5.74, 6) is 1.27. The normalized spacial score (nSPS) is 19.5. The number of benzene rings is 1. The Labute approximate surface area is 158 Å². The number of hydrogen-bond donors (Lipinski definition) is 1. The van der Waals surface area contributed by atoms with E-state index in [0.29, 0.717) is 29.2 Å². The summed E-state index contributed by atoms with van der Waals surface area (Å²) >= 11 is 0. The maximum absolute atomic E-state index is 12.8. The summed E-state index contributed by atoms with van der Waals surface area (Å²) in [6, 6.07) is 5.19. The lowest BCUT2D eigenvalue weighted by atomic mass is 9.99. The molecule has 142 valence electrons. The average Bonchev–Trinajstić information content (AvgIpc) is 3.28. The molecule has 0 unspecified atom stereocenters. The Hall–Kier alpha value is -2.57. The van der Waals surface area contributed by atoms with Crippen molar-refractivity contribution in [2.24, 2.45) is 0 Å². The number of nitrogens with zero attached hydrogens (tertiary/aromatic N) is 2. The molecule has 0 atom stereocenters. The molecule has 0 radical (unpaired) electrons. The van der Waals surface area contributed by atoms with Crippen LogP contribution in [0, 0.1) is 6.92 Å². The van der Waals surface area contributed by atoms with Gasteiger partial charge in [0.1, 0.15) is 17.3 Å². The largest absolute Gasteiger partial charge is 0.507 e. The summed E-state index contributed by atoms with van der Waals surface area (Å²) in [6.07, 6.45) is 3.15. The van der Waals surface area contributed by atoms with Gasteiger partial charge in [0.05, 0.1) is 17.4 Å². The van der Waals surface area contributed by atoms with Crippen LogP contribution in [0.15, 0.2) is 34.6 Å². The van der Waals surface area contributed by atoms with Gasteiger partial charge in [0.2, 0.25) is 5.78 Å². The van der Waals surface area contributed by atoms with Crippen LogP contribution in [0.25, 0.3) is 6.08 Å². The molecule has 0 aliphatic carbocycles. The molecule has 0 saturated carbocycles. The van der Waals surface area contributed by atoms with Crippen LogP contribution in [0.1, 0.15) is 34.2 Å². The van der Waals surface area contributed by atoms with Crippen LogP contribution in [0.3, 0.4) is 0 Å². The number of aryl methyl sites for hydroxylation is 1. The summed E-state index contributed by atoms with van der Waals surface area (Å²) in [5.41, 5.74) is 1.93. The number of phenols is 1. The minimum absolute atomic E-state index is 0.170. The Bertz CT molecular complexity index is 878. The first-order chi connectivity index (χ1) is 13.1. The number of aromatic hydroxyl groups is 1. The minimum atomic E-state index is -0.170. The van der Waals surface area contributed by atoms with Gasteiger partial charge in [-0.25, -0.2) is 0 Å². The number of phenolic OH excluding ortho intramolecular Hbond substituents is 1. The lowest BCUT2D eigenvalue weighted by molar-refractivity contribution is 0.101. The Kier molecular flexibility index (Phi) is 4.76. The van der Waals surface area contributed by atoms with Crippen LogP contribution in [0.2, 0.25) is 0 Å². The summed E-state index contributed by atoms with van der Waals surface area (Å²) in [4.78, 5) is 17.5. The fourth-order valence-corrected chi connectivity index (χ4v) is 3.72. The number of piperazine rings is 1. The first kappa shape index (κ1) is 17.8. The summed E-state index contributed by atoms with van der Waals surface area (Å²) in [5, 5.41) is 10.5. The number of carbonyl (C=O) groups excluding carboxylic acids is 1. The van der Waals surface area contributed by atoms with E-state index < -0.39 is 0 Å². The van der Waals surface area contributed by atoms with E-state index in [1.807, 2.05) is 6.92 Å². The molecule has 0 bridgehead atoms. The van der Waals surface area contributed by atoms with E-state index in [4.69, 9.17) is 9.15 Å². The Balaban J connectivity index is 1.63. The predicted molar refractivity (Wildman–Crippen MR) is 102 cm³/mol. The van der Waals surface area contributed by atoms with Crippen molar-refractivity contribution in [1.82, 2.24) is 9.80 Å². The number of Topliss-reactive ketones (excluding diaryl/α,β-unsaturated/α-hetero) is 1. The van der Waals surface area contributed by atoms with E-state index in [2.05, 4.69) is 16.7 Å². The van der Waals surface area contributed by atoms with Crippen LogP contribution < -0.4 is 4.74 Å².